The number of hydrogen-bond acceptors (Lipinski definition) is 5. The molecule has 0 amide bonds. The largest absolute Gasteiger partial charge is 0.456 e. The van der Waals surface area contributed by atoms with E-state index in [0.717, 1.165) is 0 Å². The quantitative estimate of drug-likeness (QED) is 0.779. The van der Waals surface area contributed by atoms with Gasteiger partial charge in [0, 0.05) is 6.20 Å². The van der Waals surface area contributed by atoms with Crippen molar-refractivity contribution in [2.75, 3.05) is 0 Å². The van der Waals surface area contributed by atoms with Gasteiger partial charge in [0.1, 0.15) is 11.2 Å². The molecule has 0 aliphatic carbocycles. The number of rotatable bonds is 2. The lowest BCUT2D eigenvalue weighted by Gasteiger charge is -2.22. The fraction of sp³-hybridized carbons (Fsp3) is 0.533. The van der Waals surface area contributed by atoms with Crippen LogP contribution >= 0.6 is 0 Å². The van der Waals surface area contributed by atoms with Gasteiger partial charge in [-0.1, -0.05) is 0 Å². The van der Waals surface area contributed by atoms with Crippen molar-refractivity contribution in [1.82, 2.24) is 4.98 Å². The van der Waals surface area contributed by atoms with Crippen LogP contribution in [-0.4, -0.2) is 28.1 Å². The fourth-order valence-electron chi connectivity index (χ4n) is 1.39. The molecule has 0 fully saturated rings. The molecule has 0 saturated carbocycles. The molecule has 0 atom stereocenters. The molecule has 0 aromatic carbocycles. The molecule has 0 saturated heterocycles. The van der Waals surface area contributed by atoms with Crippen LogP contribution in [0.2, 0.25) is 0 Å². The summed E-state index contributed by atoms with van der Waals surface area (Å²) in [6, 6.07) is 3.08. The van der Waals surface area contributed by atoms with Crippen molar-refractivity contribution in [1.29, 1.82) is 0 Å². The van der Waals surface area contributed by atoms with Gasteiger partial charge in [-0.3, -0.25) is 0 Å². The number of aromatic nitrogens is 1. The van der Waals surface area contributed by atoms with Crippen LogP contribution in [0.4, 0.5) is 0 Å². The minimum absolute atomic E-state index is 0.0309. The molecule has 1 heterocycles. The first kappa shape index (κ1) is 16.1. The average molecular weight is 279 g/mol. The number of hydrogen-bond donors (Lipinski definition) is 0. The molecule has 0 spiro atoms. The molecule has 0 unspecified atom stereocenters. The van der Waals surface area contributed by atoms with Gasteiger partial charge in [-0.05, 0) is 53.7 Å². The topological polar surface area (TPSA) is 65.5 Å². The molecule has 1 rings (SSSR count). The summed E-state index contributed by atoms with van der Waals surface area (Å²) in [5, 5.41) is 0. The molecule has 0 N–H and O–H groups in total. The summed E-state index contributed by atoms with van der Waals surface area (Å²) in [6.45, 7) is 10.5. The first-order valence-electron chi connectivity index (χ1n) is 6.41. The Hall–Kier alpha value is -1.91. The van der Waals surface area contributed by atoms with E-state index >= 15 is 0 Å². The molecule has 110 valence electrons. The first-order valence-corrected chi connectivity index (χ1v) is 6.41. The highest BCUT2D eigenvalue weighted by atomic mass is 16.6. The molecule has 0 aliphatic heterocycles. The van der Waals surface area contributed by atoms with Crippen LogP contribution in [0.15, 0.2) is 18.3 Å². The van der Waals surface area contributed by atoms with Crippen LogP contribution in [0, 0.1) is 0 Å². The number of pyridine rings is 1. The summed E-state index contributed by atoms with van der Waals surface area (Å²) in [5.74, 6) is -1.23. The second kappa shape index (κ2) is 5.61. The van der Waals surface area contributed by atoms with E-state index in [2.05, 4.69) is 4.98 Å². The third-order valence-corrected chi connectivity index (χ3v) is 2.02. The summed E-state index contributed by atoms with van der Waals surface area (Å²) in [5.41, 5.74) is -1.22. The first-order chi connectivity index (χ1) is 8.99. The molecular weight excluding hydrogens is 258 g/mol. The molecular formula is C15H21NO4. The number of carbonyl (C=O) groups excluding carboxylic acids is 2. The van der Waals surface area contributed by atoms with Gasteiger partial charge < -0.3 is 9.47 Å². The van der Waals surface area contributed by atoms with Gasteiger partial charge in [0.2, 0.25) is 0 Å². The summed E-state index contributed by atoms with van der Waals surface area (Å²) < 4.78 is 10.5. The smallest absolute Gasteiger partial charge is 0.358 e. The Bertz CT molecular complexity index is 462. The van der Waals surface area contributed by atoms with Gasteiger partial charge in [-0.25, -0.2) is 14.6 Å². The second-order valence-electron chi connectivity index (χ2n) is 6.40. The lowest BCUT2D eigenvalue weighted by atomic mass is 10.1. The van der Waals surface area contributed by atoms with Crippen molar-refractivity contribution in [3.63, 3.8) is 0 Å². The fourth-order valence-corrected chi connectivity index (χ4v) is 1.39. The zero-order chi connectivity index (χ0) is 15.6. The minimum atomic E-state index is -0.653. The zero-order valence-electron chi connectivity index (χ0n) is 12.8. The molecule has 1 aromatic heterocycles. The highest BCUT2D eigenvalue weighted by Gasteiger charge is 2.26. The average Bonchev–Trinajstić information content (AvgIpc) is 2.24. The lowest BCUT2D eigenvalue weighted by molar-refractivity contribution is 0.00133. The monoisotopic (exact) mass is 279 g/mol. The Balaban J connectivity index is 3.05. The molecule has 0 aliphatic rings. The van der Waals surface area contributed by atoms with E-state index in [1.807, 2.05) is 0 Å². The SMILES string of the molecule is CC(C)(C)OC(=O)c1cccnc1C(=O)OC(C)(C)C. The Labute approximate surface area is 119 Å². The Kier molecular flexibility index (Phi) is 4.53. The van der Waals surface area contributed by atoms with Crippen LogP contribution in [0.5, 0.6) is 0 Å². The summed E-state index contributed by atoms with van der Waals surface area (Å²) in [4.78, 5) is 28.1. The van der Waals surface area contributed by atoms with Crippen LogP contribution < -0.4 is 0 Å². The van der Waals surface area contributed by atoms with Gasteiger partial charge in [-0.2, -0.15) is 0 Å². The van der Waals surface area contributed by atoms with Crippen molar-refractivity contribution >= 4 is 11.9 Å². The maximum Gasteiger partial charge on any atom is 0.358 e. The van der Waals surface area contributed by atoms with E-state index in [4.69, 9.17) is 9.47 Å². The highest BCUT2D eigenvalue weighted by Crippen LogP contribution is 2.17. The van der Waals surface area contributed by atoms with Crippen molar-refractivity contribution < 1.29 is 19.1 Å². The predicted octanol–water partition coefficient (Wildman–Crippen LogP) is 2.99. The molecule has 5 heteroatoms. The van der Waals surface area contributed by atoms with E-state index < -0.39 is 23.1 Å². The lowest BCUT2D eigenvalue weighted by Crippen LogP contribution is -2.28. The van der Waals surface area contributed by atoms with Crippen LogP contribution in [0.3, 0.4) is 0 Å². The van der Waals surface area contributed by atoms with Crippen molar-refractivity contribution in [3.8, 4) is 0 Å². The van der Waals surface area contributed by atoms with Crippen LogP contribution in [0.25, 0.3) is 0 Å². The van der Waals surface area contributed by atoms with E-state index in [1.165, 1.54) is 12.3 Å². The van der Waals surface area contributed by atoms with Crippen molar-refractivity contribution in [2.45, 2.75) is 52.7 Å². The Morgan fingerprint density at radius 3 is 1.95 bits per heavy atom. The van der Waals surface area contributed by atoms with Crippen LogP contribution in [-0.2, 0) is 9.47 Å². The Morgan fingerprint density at radius 2 is 1.45 bits per heavy atom. The number of esters is 2. The van der Waals surface area contributed by atoms with Gasteiger partial charge in [0.15, 0.2) is 5.69 Å². The maximum absolute atomic E-state index is 12.1. The zero-order valence-corrected chi connectivity index (χ0v) is 12.8. The van der Waals surface area contributed by atoms with E-state index in [9.17, 15) is 9.59 Å². The highest BCUT2D eigenvalue weighted by molar-refractivity contribution is 6.01. The maximum atomic E-state index is 12.1. The summed E-state index contributed by atoms with van der Waals surface area (Å²) >= 11 is 0. The molecule has 5 nitrogen and oxygen atoms in total. The Morgan fingerprint density at radius 1 is 0.950 bits per heavy atom. The third kappa shape index (κ3) is 4.99. The standard InChI is InChI=1S/C15H21NO4/c1-14(2,3)19-12(17)10-8-7-9-16-11(10)13(18)20-15(4,5)6/h7-9H,1-6H3. The van der Waals surface area contributed by atoms with Crippen LogP contribution in [0.1, 0.15) is 62.4 Å². The number of nitrogens with zero attached hydrogens (tertiary/aromatic N) is 1. The molecule has 0 radical (unpaired) electrons. The van der Waals surface area contributed by atoms with E-state index in [1.54, 1.807) is 47.6 Å². The van der Waals surface area contributed by atoms with Crippen molar-refractivity contribution in [3.05, 3.63) is 29.6 Å². The molecule has 0 bridgehead atoms. The van der Waals surface area contributed by atoms with E-state index in [0.29, 0.717) is 0 Å². The van der Waals surface area contributed by atoms with Gasteiger partial charge in [-0.15, -0.1) is 0 Å². The molecule has 1 aromatic rings. The normalized spacial score (nSPS) is 11.9. The van der Waals surface area contributed by atoms with Gasteiger partial charge in [0.05, 0.1) is 5.56 Å². The predicted molar refractivity (Wildman–Crippen MR) is 74.6 cm³/mol. The minimum Gasteiger partial charge on any atom is -0.456 e. The number of carbonyl (C=O) groups is 2. The van der Waals surface area contributed by atoms with Crippen molar-refractivity contribution in [2.24, 2.45) is 0 Å². The molecule has 20 heavy (non-hydrogen) atoms. The third-order valence-electron chi connectivity index (χ3n) is 2.02. The van der Waals surface area contributed by atoms with Gasteiger partial charge in [0.25, 0.3) is 0 Å². The van der Waals surface area contributed by atoms with E-state index in [-0.39, 0.29) is 11.3 Å². The summed E-state index contributed by atoms with van der Waals surface area (Å²) in [7, 11) is 0. The van der Waals surface area contributed by atoms with Gasteiger partial charge >= 0.3 is 11.9 Å². The summed E-state index contributed by atoms with van der Waals surface area (Å²) in [6.07, 6.45) is 1.44. The number of ether oxygens (including phenoxy) is 2. The second-order valence-corrected chi connectivity index (χ2v) is 6.40.